The molecule has 1 atom stereocenters. The predicted octanol–water partition coefficient (Wildman–Crippen LogP) is 2.55. The summed E-state index contributed by atoms with van der Waals surface area (Å²) in [6, 6.07) is 8.83. The first-order chi connectivity index (χ1) is 10.7. The van der Waals surface area contributed by atoms with Gasteiger partial charge in [-0.25, -0.2) is 0 Å². The quantitative estimate of drug-likeness (QED) is 0.443. The molecule has 3 rings (SSSR count). The zero-order valence-electron chi connectivity index (χ0n) is 13.9. The van der Waals surface area contributed by atoms with E-state index in [0.29, 0.717) is 17.9 Å². The number of nitrogens with zero attached hydrogens (tertiary/aromatic N) is 3. The van der Waals surface area contributed by atoms with Crippen LogP contribution in [0.1, 0.15) is 19.3 Å². The van der Waals surface area contributed by atoms with Crippen LogP contribution in [0.3, 0.4) is 0 Å². The van der Waals surface area contributed by atoms with E-state index in [-0.39, 0.29) is 24.0 Å². The molecule has 1 aromatic carbocycles. The standard InChI is InChI=1S/C17H26N4O.HI/c1-20(14-7-8-14)17(18)19-11-13-9-10-21(12-13)15-5-3-4-6-16(15)22-2;/h3-6,13-14H,7-12H2,1-2H3,(H2,18,19);1H. The van der Waals surface area contributed by atoms with Gasteiger partial charge >= 0.3 is 0 Å². The van der Waals surface area contributed by atoms with Crippen LogP contribution in [0.5, 0.6) is 5.75 Å². The molecule has 0 amide bonds. The van der Waals surface area contributed by atoms with Gasteiger partial charge in [-0.1, -0.05) is 12.1 Å². The number of halogens is 1. The van der Waals surface area contributed by atoms with Crippen LogP contribution in [-0.2, 0) is 0 Å². The fourth-order valence-electron chi connectivity index (χ4n) is 3.07. The van der Waals surface area contributed by atoms with Gasteiger partial charge < -0.3 is 20.3 Å². The lowest BCUT2D eigenvalue weighted by Gasteiger charge is -2.21. The van der Waals surface area contributed by atoms with Crippen molar-refractivity contribution in [1.82, 2.24) is 4.90 Å². The van der Waals surface area contributed by atoms with Crippen LogP contribution in [-0.4, -0.2) is 50.7 Å². The van der Waals surface area contributed by atoms with Crippen molar-refractivity contribution in [2.75, 3.05) is 38.7 Å². The SMILES string of the molecule is COc1ccccc1N1CCC(CN=C(N)N(C)C2CC2)C1.I. The molecule has 5 nitrogen and oxygen atoms in total. The fourth-order valence-corrected chi connectivity index (χ4v) is 3.07. The minimum Gasteiger partial charge on any atom is -0.495 e. The Morgan fingerprint density at radius 1 is 1.35 bits per heavy atom. The number of methoxy groups -OCH3 is 1. The van der Waals surface area contributed by atoms with Gasteiger partial charge in [0.05, 0.1) is 12.8 Å². The van der Waals surface area contributed by atoms with E-state index in [2.05, 4.69) is 26.9 Å². The molecule has 2 N–H and O–H groups in total. The van der Waals surface area contributed by atoms with Crippen LogP contribution >= 0.6 is 24.0 Å². The highest BCUT2D eigenvalue weighted by Crippen LogP contribution is 2.32. The number of nitrogens with two attached hydrogens (primary N) is 1. The van der Waals surface area contributed by atoms with E-state index in [1.165, 1.54) is 18.5 Å². The molecule has 0 spiro atoms. The molecule has 1 saturated heterocycles. The molecule has 6 heteroatoms. The second-order valence-electron chi connectivity index (χ2n) is 6.31. The first kappa shape index (κ1) is 18.2. The zero-order chi connectivity index (χ0) is 15.5. The Bertz CT molecular complexity index is 547. The minimum atomic E-state index is 0. The van der Waals surface area contributed by atoms with Crippen molar-refractivity contribution >= 4 is 35.6 Å². The Balaban J connectivity index is 0.00000192. The van der Waals surface area contributed by atoms with Gasteiger partial charge in [-0.05, 0) is 37.3 Å². The predicted molar refractivity (Wildman–Crippen MR) is 106 cm³/mol. The molecule has 1 unspecified atom stereocenters. The summed E-state index contributed by atoms with van der Waals surface area (Å²) >= 11 is 0. The number of aliphatic imine (C=N–C) groups is 1. The van der Waals surface area contributed by atoms with Crippen molar-refractivity contribution in [3.63, 3.8) is 0 Å². The smallest absolute Gasteiger partial charge is 0.191 e. The molecule has 1 aliphatic heterocycles. The van der Waals surface area contributed by atoms with Crippen molar-refractivity contribution in [1.29, 1.82) is 0 Å². The van der Waals surface area contributed by atoms with Crippen LogP contribution in [0.4, 0.5) is 5.69 Å². The molecule has 128 valence electrons. The Hall–Kier alpha value is -1.18. The van der Waals surface area contributed by atoms with Crippen LogP contribution in [0.25, 0.3) is 0 Å². The number of ether oxygens (including phenoxy) is 1. The highest BCUT2D eigenvalue weighted by Gasteiger charge is 2.28. The van der Waals surface area contributed by atoms with Crippen LogP contribution in [0.2, 0.25) is 0 Å². The van der Waals surface area contributed by atoms with Gasteiger partial charge in [-0.15, -0.1) is 24.0 Å². The fraction of sp³-hybridized carbons (Fsp3) is 0.588. The number of guanidine groups is 1. The highest BCUT2D eigenvalue weighted by molar-refractivity contribution is 14.0. The number of hydrogen-bond acceptors (Lipinski definition) is 3. The Morgan fingerprint density at radius 2 is 2.09 bits per heavy atom. The van der Waals surface area contributed by atoms with Crippen molar-refractivity contribution in [3.8, 4) is 5.75 Å². The van der Waals surface area contributed by atoms with Crippen molar-refractivity contribution in [2.45, 2.75) is 25.3 Å². The van der Waals surface area contributed by atoms with E-state index in [1.54, 1.807) is 7.11 Å². The van der Waals surface area contributed by atoms with Gasteiger partial charge in [0.25, 0.3) is 0 Å². The Kier molecular flexibility index (Phi) is 6.38. The number of hydrogen-bond donors (Lipinski definition) is 1. The maximum atomic E-state index is 6.07. The molecule has 1 aromatic rings. The molecule has 2 aliphatic rings. The third-order valence-corrected chi connectivity index (χ3v) is 4.68. The first-order valence-electron chi connectivity index (χ1n) is 8.09. The van der Waals surface area contributed by atoms with E-state index in [0.717, 1.165) is 31.8 Å². The molecule has 1 heterocycles. The van der Waals surface area contributed by atoms with E-state index in [4.69, 9.17) is 10.5 Å². The Labute approximate surface area is 155 Å². The van der Waals surface area contributed by atoms with Gasteiger partial charge in [0.15, 0.2) is 5.96 Å². The van der Waals surface area contributed by atoms with Crippen molar-refractivity contribution in [2.24, 2.45) is 16.6 Å². The largest absolute Gasteiger partial charge is 0.495 e. The highest BCUT2D eigenvalue weighted by atomic mass is 127. The molecule has 0 aromatic heterocycles. The maximum Gasteiger partial charge on any atom is 0.191 e. The van der Waals surface area contributed by atoms with E-state index in [9.17, 15) is 0 Å². The van der Waals surface area contributed by atoms with E-state index >= 15 is 0 Å². The topological polar surface area (TPSA) is 54.1 Å². The number of rotatable bonds is 5. The van der Waals surface area contributed by atoms with Crippen molar-refractivity contribution < 1.29 is 4.74 Å². The lowest BCUT2D eigenvalue weighted by molar-refractivity contribution is 0.414. The van der Waals surface area contributed by atoms with Crippen molar-refractivity contribution in [3.05, 3.63) is 24.3 Å². The summed E-state index contributed by atoms with van der Waals surface area (Å²) in [7, 11) is 3.78. The molecule has 2 fully saturated rings. The maximum absolute atomic E-state index is 6.07. The lowest BCUT2D eigenvalue weighted by atomic mass is 10.1. The lowest BCUT2D eigenvalue weighted by Crippen LogP contribution is -2.36. The number of para-hydroxylation sites is 2. The van der Waals surface area contributed by atoms with Crippen LogP contribution in [0, 0.1) is 5.92 Å². The first-order valence-corrected chi connectivity index (χ1v) is 8.09. The minimum absolute atomic E-state index is 0. The molecule has 0 bridgehead atoms. The van der Waals surface area contributed by atoms with Crippen LogP contribution in [0.15, 0.2) is 29.3 Å². The number of anilines is 1. The molecular formula is C17H27IN4O. The second-order valence-corrected chi connectivity index (χ2v) is 6.31. The van der Waals surface area contributed by atoms with Gasteiger partial charge in [-0.3, -0.25) is 4.99 Å². The third-order valence-electron chi connectivity index (χ3n) is 4.68. The average molecular weight is 430 g/mol. The molecule has 1 aliphatic carbocycles. The Morgan fingerprint density at radius 3 is 2.78 bits per heavy atom. The normalized spacial score (nSPS) is 21.0. The summed E-state index contributed by atoms with van der Waals surface area (Å²) in [5, 5.41) is 0. The molecular weight excluding hydrogens is 403 g/mol. The number of benzene rings is 1. The summed E-state index contributed by atoms with van der Waals surface area (Å²) in [6.07, 6.45) is 3.65. The van der Waals surface area contributed by atoms with E-state index in [1.807, 2.05) is 19.2 Å². The van der Waals surface area contributed by atoms with Gasteiger partial charge in [-0.2, -0.15) is 0 Å². The monoisotopic (exact) mass is 430 g/mol. The third kappa shape index (κ3) is 4.43. The summed E-state index contributed by atoms with van der Waals surface area (Å²) in [6.45, 7) is 2.89. The molecule has 0 radical (unpaired) electrons. The summed E-state index contributed by atoms with van der Waals surface area (Å²) in [4.78, 5) is 9.11. The zero-order valence-corrected chi connectivity index (χ0v) is 16.3. The summed E-state index contributed by atoms with van der Waals surface area (Å²) in [5.74, 6) is 2.20. The summed E-state index contributed by atoms with van der Waals surface area (Å²) in [5.41, 5.74) is 7.25. The van der Waals surface area contributed by atoms with Gasteiger partial charge in [0.2, 0.25) is 0 Å². The van der Waals surface area contributed by atoms with Gasteiger partial charge in [0, 0.05) is 32.7 Å². The van der Waals surface area contributed by atoms with E-state index < -0.39 is 0 Å². The molecule has 1 saturated carbocycles. The van der Waals surface area contributed by atoms with Crippen LogP contribution < -0.4 is 15.4 Å². The summed E-state index contributed by atoms with van der Waals surface area (Å²) < 4.78 is 5.46. The average Bonchev–Trinajstić information content (AvgIpc) is 3.30. The molecule has 23 heavy (non-hydrogen) atoms. The van der Waals surface area contributed by atoms with Gasteiger partial charge in [0.1, 0.15) is 5.75 Å². The second kappa shape index (κ2) is 8.08.